The van der Waals surface area contributed by atoms with Gasteiger partial charge in [0.2, 0.25) is 0 Å². The number of rotatable bonds is 3. The van der Waals surface area contributed by atoms with Crippen LogP contribution in [0.2, 0.25) is 0 Å². The van der Waals surface area contributed by atoms with Gasteiger partial charge in [0.05, 0.1) is 18.3 Å². The SMILES string of the molecule is C[C@H](c1nnnn1-c1ccccc1)N1CCn2ccnc2C1. The molecule has 0 saturated heterocycles. The van der Waals surface area contributed by atoms with Gasteiger partial charge < -0.3 is 4.57 Å². The number of imidazole rings is 1. The molecule has 1 aliphatic heterocycles. The predicted molar refractivity (Wildman–Crippen MR) is 80.2 cm³/mol. The van der Waals surface area contributed by atoms with Gasteiger partial charge in [-0.15, -0.1) is 5.10 Å². The Kier molecular flexibility index (Phi) is 3.19. The number of para-hydroxylation sites is 1. The molecule has 0 N–H and O–H groups in total. The topological polar surface area (TPSA) is 64.7 Å². The lowest BCUT2D eigenvalue weighted by Gasteiger charge is -2.31. The average Bonchev–Trinajstić information content (AvgIpc) is 3.23. The number of aromatic nitrogens is 6. The van der Waals surface area contributed by atoms with Crippen molar-refractivity contribution in [1.82, 2.24) is 34.7 Å². The third kappa shape index (κ3) is 2.19. The van der Waals surface area contributed by atoms with Crippen molar-refractivity contribution in [2.45, 2.75) is 26.1 Å². The first kappa shape index (κ1) is 13.1. The zero-order chi connectivity index (χ0) is 14.9. The minimum absolute atomic E-state index is 0.126. The molecule has 1 aliphatic rings. The Morgan fingerprint density at radius 2 is 2.00 bits per heavy atom. The third-order valence-electron chi connectivity index (χ3n) is 4.19. The van der Waals surface area contributed by atoms with E-state index >= 15 is 0 Å². The Hall–Kier alpha value is -2.54. The zero-order valence-corrected chi connectivity index (χ0v) is 12.4. The van der Waals surface area contributed by atoms with Gasteiger partial charge in [0.15, 0.2) is 5.82 Å². The van der Waals surface area contributed by atoms with Crippen LogP contribution in [-0.4, -0.2) is 41.2 Å². The van der Waals surface area contributed by atoms with Crippen LogP contribution in [0.3, 0.4) is 0 Å². The lowest BCUT2D eigenvalue weighted by molar-refractivity contribution is 0.156. The first-order chi connectivity index (χ1) is 10.8. The highest BCUT2D eigenvalue weighted by atomic mass is 15.6. The maximum absolute atomic E-state index is 4.41. The molecule has 3 heterocycles. The quantitative estimate of drug-likeness (QED) is 0.731. The fourth-order valence-corrected chi connectivity index (χ4v) is 2.89. The van der Waals surface area contributed by atoms with E-state index in [4.69, 9.17) is 0 Å². The van der Waals surface area contributed by atoms with Crippen LogP contribution in [0.25, 0.3) is 5.69 Å². The van der Waals surface area contributed by atoms with Gasteiger partial charge in [-0.25, -0.2) is 4.98 Å². The first-order valence-electron chi connectivity index (χ1n) is 7.40. The normalized spacial score (nSPS) is 16.4. The molecule has 7 heteroatoms. The molecule has 0 spiro atoms. The second kappa shape index (κ2) is 5.34. The molecule has 0 aliphatic carbocycles. The van der Waals surface area contributed by atoms with Gasteiger partial charge in [-0.3, -0.25) is 4.90 Å². The van der Waals surface area contributed by atoms with E-state index in [1.165, 1.54) is 0 Å². The predicted octanol–water partition coefficient (Wildman–Crippen LogP) is 1.44. The summed E-state index contributed by atoms with van der Waals surface area (Å²) in [4.78, 5) is 6.77. The standard InChI is InChI=1S/C15H17N7/c1-12(21-10-9-20-8-7-16-14(20)11-21)15-17-18-19-22(15)13-5-3-2-4-6-13/h2-8,12H,9-11H2,1H3/t12-/m1/s1. The van der Waals surface area contributed by atoms with Crippen LogP contribution in [0.5, 0.6) is 0 Å². The highest BCUT2D eigenvalue weighted by Gasteiger charge is 2.26. The van der Waals surface area contributed by atoms with Crippen molar-refractivity contribution < 1.29 is 0 Å². The Morgan fingerprint density at radius 3 is 2.86 bits per heavy atom. The number of hydrogen-bond donors (Lipinski definition) is 0. The summed E-state index contributed by atoms with van der Waals surface area (Å²) < 4.78 is 4.01. The monoisotopic (exact) mass is 295 g/mol. The molecule has 0 unspecified atom stereocenters. The summed E-state index contributed by atoms with van der Waals surface area (Å²) in [6, 6.07) is 10.1. The molecular weight excluding hydrogens is 278 g/mol. The molecule has 0 bridgehead atoms. The maximum atomic E-state index is 4.41. The Bertz CT molecular complexity index is 761. The number of fused-ring (bicyclic) bond motifs is 1. The van der Waals surface area contributed by atoms with Gasteiger partial charge in [-0.05, 0) is 29.5 Å². The Morgan fingerprint density at radius 1 is 1.14 bits per heavy atom. The van der Waals surface area contributed by atoms with E-state index in [0.717, 1.165) is 37.0 Å². The van der Waals surface area contributed by atoms with E-state index in [0.29, 0.717) is 0 Å². The molecule has 0 fully saturated rings. The van der Waals surface area contributed by atoms with Crippen LogP contribution in [-0.2, 0) is 13.1 Å². The molecule has 1 aromatic carbocycles. The molecule has 0 saturated carbocycles. The van der Waals surface area contributed by atoms with Crippen LogP contribution in [0, 0.1) is 0 Å². The van der Waals surface area contributed by atoms with Crippen LogP contribution in [0.15, 0.2) is 42.7 Å². The van der Waals surface area contributed by atoms with E-state index < -0.39 is 0 Å². The van der Waals surface area contributed by atoms with E-state index in [-0.39, 0.29) is 6.04 Å². The third-order valence-corrected chi connectivity index (χ3v) is 4.19. The highest BCUT2D eigenvalue weighted by Crippen LogP contribution is 2.24. The second-order valence-electron chi connectivity index (χ2n) is 5.47. The largest absolute Gasteiger partial charge is 0.333 e. The van der Waals surface area contributed by atoms with Crippen molar-refractivity contribution in [2.24, 2.45) is 0 Å². The van der Waals surface area contributed by atoms with E-state index in [1.807, 2.05) is 47.4 Å². The molecule has 2 aromatic heterocycles. The lowest BCUT2D eigenvalue weighted by atomic mass is 10.2. The number of hydrogen-bond acceptors (Lipinski definition) is 5. The minimum Gasteiger partial charge on any atom is -0.333 e. The fourth-order valence-electron chi connectivity index (χ4n) is 2.89. The smallest absolute Gasteiger partial charge is 0.173 e. The maximum Gasteiger partial charge on any atom is 0.173 e. The molecular formula is C15H17N7. The molecule has 3 aromatic rings. The summed E-state index contributed by atoms with van der Waals surface area (Å²) in [6.07, 6.45) is 3.89. The second-order valence-corrected chi connectivity index (χ2v) is 5.47. The van der Waals surface area contributed by atoms with Crippen molar-refractivity contribution in [3.8, 4) is 5.69 Å². The van der Waals surface area contributed by atoms with Crippen LogP contribution in [0.4, 0.5) is 0 Å². The van der Waals surface area contributed by atoms with Crippen LogP contribution >= 0.6 is 0 Å². The number of tetrazole rings is 1. The summed E-state index contributed by atoms with van der Waals surface area (Å²) in [5.74, 6) is 1.95. The van der Waals surface area contributed by atoms with Gasteiger partial charge in [-0.2, -0.15) is 4.68 Å². The van der Waals surface area contributed by atoms with Crippen molar-refractivity contribution in [3.63, 3.8) is 0 Å². The number of nitrogens with zero attached hydrogens (tertiary/aromatic N) is 7. The molecule has 4 rings (SSSR count). The van der Waals surface area contributed by atoms with Crippen molar-refractivity contribution in [2.75, 3.05) is 6.54 Å². The van der Waals surface area contributed by atoms with E-state index in [9.17, 15) is 0 Å². The summed E-state index contributed by atoms with van der Waals surface area (Å²) in [6.45, 7) is 4.87. The van der Waals surface area contributed by atoms with Crippen molar-refractivity contribution >= 4 is 0 Å². The van der Waals surface area contributed by atoms with Crippen molar-refractivity contribution in [3.05, 3.63) is 54.4 Å². The molecule has 22 heavy (non-hydrogen) atoms. The molecule has 0 radical (unpaired) electrons. The average molecular weight is 295 g/mol. The molecule has 0 amide bonds. The lowest BCUT2D eigenvalue weighted by Crippen LogP contribution is -2.36. The van der Waals surface area contributed by atoms with Crippen molar-refractivity contribution in [1.29, 1.82) is 0 Å². The highest BCUT2D eigenvalue weighted by molar-refractivity contribution is 5.30. The molecule has 7 nitrogen and oxygen atoms in total. The molecule has 1 atom stereocenters. The minimum atomic E-state index is 0.126. The van der Waals surface area contributed by atoms with Gasteiger partial charge >= 0.3 is 0 Å². The van der Waals surface area contributed by atoms with Gasteiger partial charge in [0.1, 0.15) is 5.82 Å². The summed E-state index contributed by atoms with van der Waals surface area (Å²) in [7, 11) is 0. The van der Waals surface area contributed by atoms with Crippen LogP contribution < -0.4 is 0 Å². The van der Waals surface area contributed by atoms with Crippen LogP contribution in [0.1, 0.15) is 24.6 Å². The summed E-state index contributed by atoms with van der Waals surface area (Å²) in [5, 5.41) is 12.3. The Labute approximate surface area is 128 Å². The van der Waals surface area contributed by atoms with E-state index in [1.54, 1.807) is 0 Å². The van der Waals surface area contributed by atoms with E-state index in [2.05, 4.69) is 36.9 Å². The Balaban J connectivity index is 1.62. The first-order valence-corrected chi connectivity index (χ1v) is 7.40. The van der Waals surface area contributed by atoms with Gasteiger partial charge in [0, 0.05) is 25.5 Å². The van der Waals surface area contributed by atoms with Gasteiger partial charge in [-0.1, -0.05) is 18.2 Å². The summed E-state index contributed by atoms with van der Waals surface area (Å²) in [5.41, 5.74) is 0.979. The van der Waals surface area contributed by atoms with Gasteiger partial charge in [0.25, 0.3) is 0 Å². The fraction of sp³-hybridized carbons (Fsp3) is 0.333. The summed E-state index contributed by atoms with van der Waals surface area (Å²) >= 11 is 0. The molecule has 112 valence electrons. The zero-order valence-electron chi connectivity index (χ0n) is 12.4. The number of benzene rings is 1.